The van der Waals surface area contributed by atoms with Gasteiger partial charge in [0, 0.05) is 12.5 Å². The summed E-state index contributed by atoms with van der Waals surface area (Å²) in [5, 5.41) is 7.61. The lowest BCUT2D eigenvalue weighted by Gasteiger charge is -2.10. The minimum atomic E-state index is 0.349. The van der Waals surface area contributed by atoms with E-state index in [0.717, 1.165) is 6.54 Å². The molecule has 1 heterocycles. The molecule has 82 valence electrons. The Balaban J connectivity index is 2.07. The quantitative estimate of drug-likeness (QED) is 0.732. The Morgan fingerprint density at radius 3 is 2.75 bits per heavy atom. The van der Waals surface area contributed by atoms with Gasteiger partial charge in [-0.1, -0.05) is 42.5 Å². The van der Waals surface area contributed by atoms with Crippen molar-refractivity contribution < 1.29 is 4.79 Å². The summed E-state index contributed by atoms with van der Waals surface area (Å²) in [5.41, 5.74) is 1.63. The maximum atomic E-state index is 10.5. The van der Waals surface area contributed by atoms with Crippen LogP contribution in [0.5, 0.6) is 0 Å². The maximum Gasteiger partial charge on any atom is 0.171 e. The van der Waals surface area contributed by atoms with Crippen LogP contribution in [-0.4, -0.2) is 21.3 Å². The molecule has 1 atom stereocenters. The van der Waals surface area contributed by atoms with E-state index in [4.69, 9.17) is 0 Å². The van der Waals surface area contributed by atoms with Crippen molar-refractivity contribution in [1.82, 2.24) is 15.0 Å². The molecule has 1 aromatic heterocycles. The van der Waals surface area contributed by atoms with Gasteiger partial charge in [-0.25, -0.2) is 0 Å². The Morgan fingerprint density at radius 1 is 1.38 bits per heavy atom. The molecule has 0 saturated heterocycles. The first-order valence-electron chi connectivity index (χ1n) is 5.20. The third kappa shape index (κ3) is 2.34. The van der Waals surface area contributed by atoms with Crippen LogP contribution in [0.15, 0.2) is 36.5 Å². The number of aldehydes is 1. The summed E-state index contributed by atoms with van der Waals surface area (Å²) in [6.45, 7) is 2.85. The number of aromatic nitrogens is 3. The van der Waals surface area contributed by atoms with Gasteiger partial charge < -0.3 is 0 Å². The molecule has 0 radical (unpaired) electrons. The predicted octanol–water partition coefficient (Wildman–Crippen LogP) is 1.89. The molecule has 4 heteroatoms. The van der Waals surface area contributed by atoms with Crippen molar-refractivity contribution in [1.29, 1.82) is 0 Å². The summed E-state index contributed by atoms with van der Waals surface area (Å²) in [4.78, 5) is 10.5. The van der Waals surface area contributed by atoms with E-state index < -0.39 is 0 Å². The molecule has 0 aliphatic heterocycles. The summed E-state index contributed by atoms with van der Waals surface area (Å²) in [6, 6.07) is 10.2. The number of hydrogen-bond donors (Lipinski definition) is 0. The Kier molecular flexibility index (Phi) is 3.10. The van der Waals surface area contributed by atoms with Crippen molar-refractivity contribution in [3.63, 3.8) is 0 Å². The number of carbonyl (C=O) groups is 1. The van der Waals surface area contributed by atoms with Crippen molar-refractivity contribution in [3.05, 3.63) is 47.8 Å². The second-order valence-corrected chi connectivity index (χ2v) is 3.80. The van der Waals surface area contributed by atoms with Gasteiger partial charge in [-0.2, -0.15) is 0 Å². The van der Waals surface area contributed by atoms with Gasteiger partial charge in [0.2, 0.25) is 0 Å². The molecule has 0 spiro atoms. The molecule has 0 aliphatic carbocycles. The van der Waals surface area contributed by atoms with Crippen LogP contribution in [-0.2, 0) is 6.54 Å². The van der Waals surface area contributed by atoms with Gasteiger partial charge in [-0.3, -0.25) is 9.48 Å². The van der Waals surface area contributed by atoms with Crippen molar-refractivity contribution in [2.45, 2.75) is 19.4 Å². The smallest absolute Gasteiger partial charge is 0.171 e. The molecule has 1 aromatic carbocycles. The van der Waals surface area contributed by atoms with Gasteiger partial charge in [0.15, 0.2) is 6.29 Å². The van der Waals surface area contributed by atoms with Gasteiger partial charge in [0.25, 0.3) is 0 Å². The lowest BCUT2D eigenvalue weighted by molar-refractivity contribution is 0.111. The zero-order valence-corrected chi connectivity index (χ0v) is 9.08. The SMILES string of the molecule is C[C@@H](Cn1cc(C=O)nn1)c1ccccc1. The lowest BCUT2D eigenvalue weighted by atomic mass is 10.0. The summed E-state index contributed by atoms with van der Waals surface area (Å²) in [5.74, 6) is 0.349. The fraction of sp³-hybridized carbons (Fsp3) is 0.250. The molecule has 16 heavy (non-hydrogen) atoms. The Hall–Kier alpha value is -1.97. The van der Waals surface area contributed by atoms with E-state index in [1.54, 1.807) is 10.9 Å². The molecular weight excluding hydrogens is 202 g/mol. The Bertz CT molecular complexity index is 464. The van der Waals surface area contributed by atoms with Crippen molar-refractivity contribution >= 4 is 6.29 Å². The van der Waals surface area contributed by atoms with E-state index in [9.17, 15) is 4.79 Å². The van der Waals surface area contributed by atoms with E-state index in [1.165, 1.54) is 5.56 Å². The predicted molar refractivity (Wildman–Crippen MR) is 60.3 cm³/mol. The van der Waals surface area contributed by atoms with Crippen molar-refractivity contribution in [2.75, 3.05) is 0 Å². The number of nitrogens with zero attached hydrogens (tertiary/aromatic N) is 3. The fourth-order valence-electron chi connectivity index (χ4n) is 1.62. The fourth-order valence-corrected chi connectivity index (χ4v) is 1.62. The highest BCUT2D eigenvalue weighted by Crippen LogP contribution is 2.16. The van der Waals surface area contributed by atoms with E-state index in [2.05, 4.69) is 29.4 Å². The highest BCUT2D eigenvalue weighted by atomic mass is 16.1. The second-order valence-electron chi connectivity index (χ2n) is 3.80. The summed E-state index contributed by atoms with van der Waals surface area (Å²) in [6.07, 6.45) is 2.36. The molecule has 4 nitrogen and oxygen atoms in total. The molecular formula is C12H13N3O. The van der Waals surface area contributed by atoms with Crippen LogP contribution in [0, 0.1) is 0 Å². The zero-order chi connectivity index (χ0) is 11.4. The number of benzene rings is 1. The van der Waals surface area contributed by atoms with Gasteiger partial charge in [0.1, 0.15) is 5.69 Å². The van der Waals surface area contributed by atoms with Crippen LogP contribution in [0.25, 0.3) is 0 Å². The molecule has 0 N–H and O–H groups in total. The highest BCUT2D eigenvalue weighted by Gasteiger charge is 2.07. The zero-order valence-electron chi connectivity index (χ0n) is 9.08. The number of hydrogen-bond acceptors (Lipinski definition) is 3. The van der Waals surface area contributed by atoms with Crippen LogP contribution >= 0.6 is 0 Å². The molecule has 0 unspecified atom stereocenters. The van der Waals surface area contributed by atoms with Crippen LogP contribution in [0.4, 0.5) is 0 Å². The number of carbonyl (C=O) groups excluding carboxylic acids is 1. The summed E-state index contributed by atoms with van der Waals surface area (Å²) >= 11 is 0. The highest BCUT2D eigenvalue weighted by molar-refractivity contribution is 5.70. The molecule has 0 amide bonds. The third-order valence-electron chi connectivity index (χ3n) is 2.51. The molecule has 0 bridgehead atoms. The third-order valence-corrected chi connectivity index (χ3v) is 2.51. The molecule has 0 aliphatic rings. The van der Waals surface area contributed by atoms with Gasteiger partial charge in [-0.15, -0.1) is 5.10 Å². The second kappa shape index (κ2) is 4.70. The van der Waals surface area contributed by atoms with Gasteiger partial charge >= 0.3 is 0 Å². The number of rotatable bonds is 4. The van der Waals surface area contributed by atoms with Crippen LogP contribution in [0.1, 0.15) is 28.9 Å². The normalized spacial score (nSPS) is 12.3. The first kappa shape index (κ1) is 10.5. The first-order chi connectivity index (χ1) is 7.79. The minimum absolute atomic E-state index is 0.349. The minimum Gasteiger partial charge on any atom is -0.296 e. The van der Waals surface area contributed by atoms with Crippen LogP contribution in [0.2, 0.25) is 0 Å². The Morgan fingerprint density at radius 2 is 2.12 bits per heavy atom. The van der Waals surface area contributed by atoms with E-state index >= 15 is 0 Å². The van der Waals surface area contributed by atoms with E-state index in [0.29, 0.717) is 17.9 Å². The van der Waals surface area contributed by atoms with E-state index in [1.807, 2.05) is 18.2 Å². The average molecular weight is 215 g/mol. The summed E-state index contributed by atoms with van der Waals surface area (Å²) in [7, 11) is 0. The molecule has 2 aromatic rings. The summed E-state index contributed by atoms with van der Waals surface area (Å²) < 4.78 is 1.70. The maximum absolute atomic E-state index is 10.5. The molecule has 0 fully saturated rings. The lowest BCUT2D eigenvalue weighted by Crippen LogP contribution is -2.06. The molecule has 0 saturated carbocycles. The van der Waals surface area contributed by atoms with Crippen molar-refractivity contribution in [3.8, 4) is 0 Å². The topological polar surface area (TPSA) is 47.8 Å². The van der Waals surface area contributed by atoms with Crippen molar-refractivity contribution in [2.24, 2.45) is 0 Å². The standard InChI is InChI=1S/C12H13N3O/c1-10(11-5-3-2-4-6-11)7-15-8-12(9-16)13-14-15/h2-6,8-10H,7H2,1H3/t10-/m0/s1. The van der Waals surface area contributed by atoms with Crippen LogP contribution < -0.4 is 0 Å². The average Bonchev–Trinajstić information content (AvgIpc) is 2.78. The van der Waals surface area contributed by atoms with Gasteiger partial charge in [-0.05, 0) is 5.56 Å². The van der Waals surface area contributed by atoms with Gasteiger partial charge in [0.05, 0.1) is 6.20 Å². The largest absolute Gasteiger partial charge is 0.296 e. The van der Waals surface area contributed by atoms with Crippen LogP contribution in [0.3, 0.4) is 0 Å². The Labute approximate surface area is 93.9 Å². The van der Waals surface area contributed by atoms with E-state index in [-0.39, 0.29) is 0 Å². The monoisotopic (exact) mass is 215 g/mol. The molecule has 2 rings (SSSR count). The first-order valence-corrected chi connectivity index (χ1v) is 5.20.